The van der Waals surface area contributed by atoms with E-state index in [2.05, 4.69) is 15.5 Å². The Balaban J connectivity index is 1.03. The van der Waals surface area contributed by atoms with Gasteiger partial charge in [-0.15, -0.1) is 0 Å². The Labute approximate surface area is 249 Å². The van der Waals surface area contributed by atoms with Crippen molar-refractivity contribution in [2.75, 3.05) is 40.0 Å². The molecule has 1 fully saturated rings. The second kappa shape index (κ2) is 12.1. The summed E-state index contributed by atoms with van der Waals surface area (Å²) in [5.41, 5.74) is 5.46. The number of imidazole rings is 1. The van der Waals surface area contributed by atoms with Crippen molar-refractivity contribution in [1.82, 2.24) is 19.4 Å². The molecule has 4 aromatic rings. The van der Waals surface area contributed by atoms with Gasteiger partial charge in [-0.1, -0.05) is 18.2 Å². The fourth-order valence-corrected chi connectivity index (χ4v) is 5.67. The van der Waals surface area contributed by atoms with Crippen molar-refractivity contribution in [3.8, 4) is 17.4 Å². The molecule has 1 atom stereocenters. The van der Waals surface area contributed by atoms with Crippen LogP contribution in [-0.4, -0.2) is 71.5 Å². The average Bonchev–Trinajstić information content (AvgIpc) is 3.37. The maximum Gasteiger partial charge on any atom is 0.337 e. The van der Waals surface area contributed by atoms with Gasteiger partial charge in [0, 0.05) is 25.8 Å². The number of methoxy groups -OCH3 is 1. The van der Waals surface area contributed by atoms with E-state index in [1.54, 1.807) is 6.07 Å². The van der Waals surface area contributed by atoms with Gasteiger partial charge >= 0.3 is 5.97 Å². The van der Waals surface area contributed by atoms with Gasteiger partial charge in [0.2, 0.25) is 5.88 Å². The Morgan fingerprint density at radius 1 is 1.02 bits per heavy atom. The van der Waals surface area contributed by atoms with E-state index < -0.39 is 0 Å². The standard InChI is InChI=1S/C33H34N4O6/c1-39-33(38)24-6-7-27-28(18-24)37(19-25-11-14-40-25)31(34-27)20-36-12-9-23(10-13-36)26-3-2-4-32(35-26)43-21-22-5-8-29-30(17-22)42-16-15-41-29/h2-9,17-18,25H,10-16,19-21H2,1H3. The molecule has 5 heterocycles. The van der Waals surface area contributed by atoms with E-state index in [0.717, 1.165) is 72.2 Å². The minimum absolute atomic E-state index is 0.168. The number of ether oxygens (including phenoxy) is 5. The largest absolute Gasteiger partial charge is 0.486 e. The van der Waals surface area contributed by atoms with E-state index in [9.17, 15) is 4.79 Å². The minimum atomic E-state index is -0.351. The lowest BCUT2D eigenvalue weighted by Crippen LogP contribution is -2.33. The Morgan fingerprint density at radius 2 is 1.91 bits per heavy atom. The summed E-state index contributed by atoms with van der Waals surface area (Å²) < 4.78 is 30.2. The molecule has 7 rings (SSSR count). The van der Waals surface area contributed by atoms with Crippen LogP contribution in [0.5, 0.6) is 17.4 Å². The zero-order chi connectivity index (χ0) is 29.2. The molecule has 3 aliphatic rings. The van der Waals surface area contributed by atoms with Gasteiger partial charge in [-0.25, -0.2) is 14.8 Å². The third-order valence-corrected chi connectivity index (χ3v) is 8.13. The van der Waals surface area contributed by atoms with Crippen LogP contribution in [0.1, 0.15) is 40.3 Å². The Bertz CT molecular complexity index is 1680. The lowest BCUT2D eigenvalue weighted by Gasteiger charge is -2.29. The Kier molecular flexibility index (Phi) is 7.69. The lowest BCUT2D eigenvalue weighted by molar-refractivity contribution is -0.0591. The van der Waals surface area contributed by atoms with Crippen molar-refractivity contribution in [1.29, 1.82) is 0 Å². The number of carbonyl (C=O) groups is 1. The molecule has 10 nitrogen and oxygen atoms in total. The molecule has 3 aliphatic heterocycles. The van der Waals surface area contributed by atoms with Crippen molar-refractivity contribution in [3.63, 3.8) is 0 Å². The fourth-order valence-electron chi connectivity index (χ4n) is 5.67. The second-order valence-electron chi connectivity index (χ2n) is 11.0. The van der Waals surface area contributed by atoms with Crippen LogP contribution >= 0.6 is 0 Å². The van der Waals surface area contributed by atoms with Gasteiger partial charge < -0.3 is 28.3 Å². The quantitative estimate of drug-likeness (QED) is 0.261. The molecule has 0 aliphatic carbocycles. The summed E-state index contributed by atoms with van der Waals surface area (Å²) >= 11 is 0. The van der Waals surface area contributed by atoms with Gasteiger partial charge in [-0.2, -0.15) is 0 Å². The molecule has 0 N–H and O–H groups in total. The van der Waals surface area contributed by atoms with Crippen LogP contribution in [0.2, 0.25) is 0 Å². The Hall–Kier alpha value is -4.41. The first-order valence-electron chi connectivity index (χ1n) is 14.7. The predicted molar refractivity (Wildman–Crippen MR) is 159 cm³/mol. The first-order valence-corrected chi connectivity index (χ1v) is 14.7. The highest BCUT2D eigenvalue weighted by Crippen LogP contribution is 2.31. The smallest absolute Gasteiger partial charge is 0.337 e. The second-order valence-corrected chi connectivity index (χ2v) is 11.0. The van der Waals surface area contributed by atoms with E-state index in [1.807, 2.05) is 48.5 Å². The molecule has 1 unspecified atom stereocenters. The van der Waals surface area contributed by atoms with Gasteiger partial charge in [0.15, 0.2) is 11.5 Å². The van der Waals surface area contributed by atoms with Crippen molar-refractivity contribution < 1.29 is 28.5 Å². The first-order chi connectivity index (χ1) is 21.1. The topological polar surface area (TPSA) is 97.2 Å². The number of aromatic nitrogens is 3. The van der Waals surface area contributed by atoms with Crippen LogP contribution in [0, 0.1) is 0 Å². The number of benzene rings is 2. The number of fused-ring (bicyclic) bond motifs is 2. The molecule has 43 heavy (non-hydrogen) atoms. The van der Waals surface area contributed by atoms with Crippen molar-refractivity contribution in [2.24, 2.45) is 0 Å². The fraction of sp³-hybridized carbons (Fsp3) is 0.364. The van der Waals surface area contributed by atoms with E-state index in [1.165, 1.54) is 12.7 Å². The normalized spacial score (nSPS) is 18.2. The lowest BCUT2D eigenvalue weighted by atomic mass is 10.0. The number of rotatable bonds is 9. The molecule has 2 aromatic carbocycles. The van der Waals surface area contributed by atoms with Gasteiger partial charge in [0.1, 0.15) is 25.6 Å². The van der Waals surface area contributed by atoms with E-state index in [-0.39, 0.29) is 12.1 Å². The van der Waals surface area contributed by atoms with Crippen molar-refractivity contribution >= 4 is 22.6 Å². The summed E-state index contributed by atoms with van der Waals surface area (Å²) in [5, 5.41) is 0. The zero-order valence-electron chi connectivity index (χ0n) is 24.2. The molecular weight excluding hydrogens is 548 g/mol. The minimum Gasteiger partial charge on any atom is -0.486 e. The van der Waals surface area contributed by atoms with Crippen LogP contribution < -0.4 is 14.2 Å². The number of hydrogen-bond donors (Lipinski definition) is 0. The summed E-state index contributed by atoms with van der Waals surface area (Å²) in [5.74, 6) is 2.73. The predicted octanol–water partition coefficient (Wildman–Crippen LogP) is 4.65. The van der Waals surface area contributed by atoms with Crippen LogP contribution in [0.3, 0.4) is 0 Å². The summed E-state index contributed by atoms with van der Waals surface area (Å²) in [6.07, 6.45) is 4.31. The van der Waals surface area contributed by atoms with Crippen LogP contribution in [0.25, 0.3) is 16.6 Å². The summed E-state index contributed by atoms with van der Waals surface area (Å²) in [6.45, 7) is 5.40. The number of hydrogen-bond acceptors (Lipinski definition) is 9. The number of esters is 1. The van der Waals surface area contributed by atoms with Gasteiger partial charge in [-0.3, -0.25) is 4.90 Å². The molecule has 222 valence electrons. The number of nitrogens with zero attached hydrogens (tertiary/aromatic N) is 4. The highest BCUT2D eigenvalue weighted by atomic mass is 16.6. The average molecular weight is 583 g/mol. The summed E-state index contributed by atoms with van der Waals surface area (Å²) in [7, 11) is 1.40. The molecule has 0 spiro atoms. The van der Waals surface area contributed by atoms with Gasteiger partial charge in [0.25, 0.3) is 0 Å². The maximum absolute atomic E-state index is 12.2. The van der Waals surface area contributed by atoms with E-state index in [4.69, 9.17) is 33.7 Å². The van der Waals surface area contributed by atoms with E-state index in [0.29, 0.717) is 44.4 Å². The van der Waals surface area contributed by atoms with Gasteiger partial charge in [-0.05, 0) is 60.4 Å². The molecular formula is C33H34N4O6. The van der Waals surface area contributed by atoms with Crippen molar-refractivity contribution in [2.45, 2.75) is 38.6 Å². The summed E-state index contributed by atoms with van der Waals surface area (Å²) in [6, 6.07) is 17.3. The molecule has 0 bridgehead atoms. The third-order valence-electron chi connectivity index (χ3n) is 8.13. The van der Waals surface area contributed by atoms with Crippen LogP contribution in [-0.2, 0) is 29.2 Å². The highest BCUT2D eigenvalue weighted by molar-refractivity contribution is 5.93. The molecule has 2 aromatic heterocycles. The molecule has 0 saturated carbocycles. The SMILES string of the molecule is COC(=O)c1ccc2nc(CN3CC=C(c4cccc(OCc5ccc6c(c5)OCCO6)n4)CC3)n(CC3CCO3)c2c1. The molecule has 0 amide bonds. The summed E-state index contributed by atoms with van der Waals surface area (Å²) in [4.78, 5) is 24.3. The highest BCUT2D eigenvalue weighted by Gasteiger charge is 2.24. The third kappa shape index (κ3) is 5.93. The van der Waals surface area contributed by atoms with Gasteiger partial charge in [0.05, 0.1) is 48.6 Å². The Morgan fingerprint density at radius 3 is 2.70 bits per heavy atom. The monoisotopic (exact) mass is 582 g/mol. The zero-order valence-corrected chi connectivity index (χ0v) is 24.2. The van der Waals surface area contributed by atoms with Crippen LogP contribution in [0.15, 0.2) is 60.7 Å². The molecule has 10 heteroatoms. The first kappa shape index (κ1) is 27.4. The molecule has 1 saturated heterocycles. The van der Waals surface area contributed by atoms with Crippen molar-refractivity contribution in [3.05, 3.63) is 83.3 Å². The maximum atomic E-state index is 12.2. The molecule has 0 radical (unpaired) electrons. The van der Waals surface area contributed by atoms with Crippen LogP contribution in [0.4, 0.5) is 0 Å². The number of pyridine rings is 1. The van der Waals surface area contributed by atoms with E-state index >= 15 is 0 Å². The number of carbonyl (C=O) groups excluding carboxylic acids is 1.